The van der Waals surface area contributed by atoms with Crippen LogP contribution in [-0.2, 0) is 4.79 Å². The van der Waals surface area contributed by atoms with Gasteiger partial charge in [-0.3, -0.25) is 4.79 Å². The Kier molecular flexibility index (Phi) is 6.37. The van der Waals surface area contributed by atoms with Crippen LogP contribution in [0.5, 0.6) is 0 Å². The third kappa shape index (κ3) is 5.38. The number of anilines is 1. The molecule has 1 heterocycles. The second-order valence-electron chi connectivity index (χ2n) is 5.80. The lowest BCUT2D eigenvalue weighted by Crippen LogP contribution is -2.38. The lowest BCUT2D eigenvalue weighted by atomic mass is 10.1. The van der Waals surface area contributed by atoms with Gasteiger partial charge < -0.3 is 16.0 Å². The largest absolute Gasteiger partial charge is 0.338 e. The van der Waals surface area contributed by atoms with Gasteiger partial charge >= 0.3 is 6.03 Å². The molecule has 3 N–H and O–H groups in total. The van der Waals surface area contributed by atoms with Crippen LogP contribution in [0.3, 0.4) is 0 Å². The fraction of sp³-hybridized carbons (Fsp3) is 0.333. The second kappa shape index (κ2) is 8.49. The van der Waals surface area contributed by atoms with E-state index in [0.717, 1.165) is 11.3 Å². The molecule has 1 aromatic carbocycles. The molecule has 0 aliphatic carbocycles. The number of hydrogen-bond acceptors (Lipinski definition) is 3. The van der Waals surface area contributed by atoms with Crippen LogP contribution in [0.4, 0.5) is 10.5 Å². The molecule has 2 unspecified atom stereocenters. The lowest BCUT2D eigenvalue weighted by molar-refractivity contribution is -0.114. The molecule has 0 radical (unpaired) electrons. The zero-order valence-corrected chi connectivity index (χ0v) is 14.9. The summed E-state index contributed by atoms with van der Waals surface area (Å²) in [5.74, 6) is 0.169. The zero-order valence-electron chi connectivity index (χ0n) is 14.1. The van der Waals surface area contributed by atoms with Crippen molar-refractivity contribution < 1.29 is 9.59 Å². The van der Waals surface area contributed by atoms with Crippen LogP contribution < -0.4 is 16.0 Å². The highest BCUT2D eigenvalue weighted by atomic mass is 32.1. The smallest absolute Gasteiger partial charge is 0.315 e. The van der Waals surface area contributed by atoms with Gasteiger partial charge in [-0.1, -0.05) is 25.1 Å². The summed E-state index contributed by atoms with van der Waals surface area (Å²) in [6.07, 6.45) is 0. The summed E-state index contributed by atoms with van der Waals surface area (Å²) in [5.41, 5.74) is 1.66. The van der Waals surface area contributed by atoms with Gasteiger partial charge in [0.25, 0.3) is 0 Å². The number of amides is 3. The number of urea groups is 1. The molecule has 0 fully saturated rings. The number of thiophene rings is 1. The first-order chi connectivity index (χ1) is 11.5. The van der Waals surface area contributed by atoms with Crippen molar-refractivity contribution in [1.82, 2.24) is 10.6 Å². The quantitative estimate of drug-likeness (QED) is 0.744. The summed E-state index contributed by atoms with van der Waals surface area (Å²) in [4.78, 5) is 24.5. The third-order valence-corrected chi connectivity index (χ3v) is 4.76. The summed E-state index contributed by atoms with van der Waals surface area (Å²) in [7, 11) is 0. The van der Waals surface area contributed by atoms with Crippen molar-refractivity contribution in [3.8, 4) is 0 Å². The van der Waals surface area contributed by atoms with E-state index in [9.17, 15) is 9.59 Å². The molecule has 2 aromatic rings. The Morgan fingerprint density at radius 1 is 1.17 bits per heavy atom. The summed E-state index contributed by atoms with van der Waals surface area (Å²) in [5, 5.41) is 10.6. The first kappa shape index (κ1) is 18.0. The molecule has 0 aliphatic rings. The maximum absolute atomic E-state index is 12.1. The molecule has 0 saturated heterocycles. The number of carbonyl (C=O) groups excluding carboxylic acids is 2. The van der Waals surface area contributed by atoms with Crippen molar-refractivity contribution in [1.29, 1.82) is 0 Å². The SMILES string of the molecule is CC(=O)Nc1cccc(C(C)NC(=O)NCC(C)c2cccs2)c1. The average molecular weight is 345 g/mol. The summed E-state index contributed by atoms with van der Waals surface area (Å²) >= 11 is 1.69. The Labute approximate surface area is 146 Å². The molecule has 1 aromatic heterocycles. The lowest BCUT2D eigenvalue weighted by Gasteiger charge is -2.17. The van der Waals surface area contributed by atoms with Gasteiger partial charge in [0.2, 0.25) is 5.91 Å². The highest BCUT2D eigenvalue weighted by Gasteiger charge is 2.12. The van der Waals surface area contributed by atoms with Crippen molar-refractivity contribution in [3.05, 3.63) is 52.2 Å². The van der Waals surface area contributed by atoms with Gasteiger partial charge in [0.05, 0.1) is 6.04 Å². The monoisotopic (exact) mass is 345 g/mol. The van der Waals surface area contributed by atoms with Crippen molar-refractivity contribution >= 4 is 29.0 Å². The fourth-order valence-electron chi connectivity index (χ4n) is 2.34. The minimum atomic E-state index is -0.198. The van der Waals surface area contributed by atoms with Gasteiger partial charge in [-0.15, -0.1) is 11.3 Å². The third-order valence-electron chi connectivity index (χ3n) is 3.65. The highest BCUT2D eigenvalue weighted by molar-refractivity contribution is 7.10. The van der Waals surface area contributed by atoms with Crippen LogP contribution in [0.1, 0.15) is 43.2 Å². The van der Waals surface area contributed by atoms with Crippen LogP contribution in [0.2, 0.25) is 0 Å². The Bertz CT molecular complexity index is 685. The van der Waals surface area contributed by atoms with E-state index in [1.807, 2.05) is 42.6 Å². The first-order valence-electron chi connectivity index (χ1n) is 7.91. The predicted molar refractivity (Wildman–Crippen MR) is 98.4 cm³/mol. The second-order valence-corrected chi connectivity index (χ2v) is 6.78. The number of carbonyl (C=O) groups is 2. The number of nitrogens with one attached hydrogen (secondary N) is 3. The van der Waals surface area contributed by atoms with Crippen LogP contribution in [-0.4, -0.2) is 18.5 Å². The Balaban J connectivity index is 1.86. The van der Waals surface area contributed by atoms with Crippen LogP contribution in [0, 0.1) is 0 Å². The molecule has 24 heavy (non-hydrogen) atoms. The standard InChI is InChI=1S/C18H23N3O2S/c1-12(17-8-5-9-24-17)11-19-18(23)20-13(2)15-6-4-7-16(10-15)21-14(3)22/h4-10,12-13H,11H2,1-3H3,(H,21,22)(H2,19,20,23). The molecular weight excluding hydrogens is 322 g/mol. The Hall–Kier alpha value is -2.34. The average Bonchev–Trinajstić information content (AvgIpc) is 3.06. The maximum atomic E-state index is 12.1. The molecule has 6 heteroatoms. The minimum absolute atomic E-state index is 0.118. The van der Waals surface area contributed by atoms with Crippen molar-refractivity contribution in [2.45, 2.75) is 32.7 Å². The molecule has 0 spiro atoms. The number of benzene rings is 1. The minimum Gasteiger partial charge on any atom is -0.338 e. The van der Waals surface area contributed by atoms with Crippen LogP contribution in [0.25, 0.3) is 0 Å². The van der Waals surface area contributed by atoms with Gasteiger partial charge in [0.15, 0.2) is 0 Å². The van der Waals surface area contributed by atoms with Crippen molar-refractivity contribution in [2.75, 3.05) is 11.9 Å². The summed E-state index contributed by atoms with van der Waals surface area (Å²) < 4.78 is 0. The molecule has 0 bridgehead atoms. The Morgan fingerprint density at radius 2 is 1.96 bits per heavy atom. The summed E-state index contributed by atoms with van der Waals surface area (Å²) in [6, 6.07) is 11.2. The topological polar surface area (TPSA) is 70.2 Å². The molecule has 128 valence electrons. The van der Waals surface area contributed by atoms with E-state index in [4.69, 9.17) is 0 Å². The molecule has 2 atom stereocenters. The molecule has 0 aliphatic heterocycles. The van der Waals surface area contributed by atoms with E-state index in [1.165, 1.54) is 11.8 Å². The highest BCUT2D eigenvalue weighted by Crippen LogP contribution is 2.20. The molecule has 5 nitrogen and oxygen atoms in total. The summed E-state index contributed by atoms with van der Waals surface area (Å²) in [6.45, 7) is 6.06. The van der Waals surface area contributed by atoms with Crippen LogP contribution >= 0.6 is 11.3 Å². The maximum Gasteiger partial charge on any atom is 0.315 e. The zero-order chi connectivity index (χ0) is 17.5. The number of hydrogen-bond donors (Lipinski definition) is 3. The van der Waals surface area contributed by atoms with Crippen molar-refractivity contribution in [3.63, 3.8) is 0 Å². The van der Waals surface area contributed by atoms with Gasteiger partial charge in [-0.05, 0) is 36.1 Å². The van der Waals surface area contributed by atoms with E-state index in [1.54, 1.807) is 11.3 Å². The molecule has 0 saturated carbocycles. The van der Waals surface area contributed by atoms with E-state index < -0.39 is 0 Å². The van der Waals surface area contributed by atoms with E-state index in [2.05, 4.69) is 28.9 Å². The molecular formula is C18H23N3O2S. The predicted octanol–water partition coefficient (Wildman–Crippen LogP) is 3.87. The molecule has 2 rings (SSSR count). The van der Waals surface area contributed by atoms with E-state index in [-0.39, 0.29) is 23.9 Å². The van der Waals surface area contributed by atoms with E-state index in [0.29, 0.717) is 6.54 Å². The first-order valence-corrected chi connectivity index (χ1v) is 8.79. The van der Waals surface area contributed by atoms with E-state index >= 15 is 0 Å². The normalized spacial score (nSPS) is 13.0. The van der Waals surface area contributed by atoms with Crippen molar-refractivity contribution in [2.24, 2.45) is 0 Å². The number of rotatable bonds is 6. The van der Waals surface area contributed by atoms with Crippen LogP contribution in [0.15, 0.2) is 41.8 Å². The van der Waals surface area contributed by atoms with Gasteiger partial charge in [0, 0.05) is 30.0 Å². The Morgan fingerprint density at radius 3 is 2.62 bits per heavy atom. The van der Waals surface area contributed by atoms with Gasteiger partial charge in [-0.25, -0.2) is 4.79 Å². The van der Waals surface area contributed by atoms with Gasteiger partial charge in [0.1, 0.15) is 0 Å². The molecule has 3 amide bonds. The fourth-order valence-corrected chi connectivity index (χ4v) is 3.13. The van der Waals surface area contributed by atoms with Gasteiger partial charge in [-0.2, -0.15) is 0 Å².